The van der Waals surface area contributed by atoms with Crippen LogP contribution in [0.5, 0.6) is 0 Å². The van der Waals surface area contributed by atoms with Gasteiger partial charge in [0.1, 0.15) is 5.82 Å². The van der Waals surface area contributed by atoms with Gasteiger partial charge in [0.15, 0.2) is 0 Å². The molecule has 0 saturated carbocycles. The molecule has 2 N–H and O–H groups in total. The number of anilines is 1. The van der Waals surface area contributed by atoms with Gasteiger partial charge in [-0.2, -0.15) is 0 Å². The first-order valence-electron chi connectivity index (χ1n) is 3.35. The van der Waals surface area contributed by atoms with Crippen molar-refractivity contribution >= 4 is 39.1 Å². The standard InChI is InChI=1S/C8H6FNS2/c9-5-1-2-6(11)4-3-7(10)12-8(4)5/h1-3,11H,10H2. The van der Waals surface area contributed by atoms with Crippen LogP contribution in [0.15, 0.2) is 23.1 Å². The van der Waals surface area contributed by atoms with Crippen LogP contribution in [0.3, 0.4) is 0 Å². The average molecular weight is 199 g/mol. The number of hydrogen-bond acceptors (Lipinski definition) is 3. The number of thiol groups is 1. The molecule has 0 bridgehead atoms. The summed E-state index contributed by atoms with van der Waals surface area (Å²) >= 11 is 5.44. The number of benzene rings is 1. The molecule has 1 nitrogen and oxygen atoms in total. The minimum Gasteiger partial charge on any atom is -0.391 e. The van der Waals surface area contributed by atoms with E-state index < -0.39 is 0 Å². The third kappa shape index (κ3) is 1.07. The number of halogens is 1. The Hall–Kier alpha value is -0.740. The van der Waals surface area contributed by atoms with Crippen LogP contribution >= 0.6 is 24.0 Å². The second kappa shape index (κ2) is 2.64. The van der Waals surface area contributed by atoms with Gasteiger partial charge in [0.2, 0.25) is 0 Å². The Balaban J connectivity index is 2.93. The van der Waals surface area contributed by atoms with Gasteiger partial charge in [-0.25, -0.2) is 4.39 Å². The van der Waals surface area contributed by atoms with Gasteiger partial charge in [0.25, 0.3) is 0 Å². The highest BCUT2D eigenvalue weighted by Crippen LogP contribution is 2.33. The summed E-state index contributed by atoms with van der Waals surface area (Å²) < 4.78 is 13.7. The summed E-state index contributed by atoms with van der Waals surface area (Å²) in [6.45, 7) is 0. The van der Waals surface area contributed by atoms with Crippen molar-refractivity contribution in [1.29, 1.82) is 0 Å². The van der Waals surface area contributed by atoms with E-state index in [0.717, 1.165) is 10.3 Å². The van der Waals surface area contributed by atoms with E-state index in [4.69, 9.17) is 5.73 Å². The fourth-order valence-electron chi connectivity index (χ4n) is 1.10. The average Bonchev–Trinajstić information content (AvgIpc) is 2.41. The predicted octanol–water partition coefficient (Wildman–Crippen LogP) is 2.91. The van der Waals surface area contributed by atoms with Crippen molar-refractivity contribution in [2.45, 2.75) is 4.90 Å². The normalized spacial score (nSPS) is 10.8. The van der Waals surface area contributed by atoms with Crippen molar-refractivity contribution in [3.8, 4) is 0 Å². The van der Waals surface area contributed by atoms with Gasteiger partial charge < -0.3 is 5.73 Å². The number of hydrogen-bond donors (Lipinski definition) is 2. The van der Waals surface area contributed by atoms with Gasteiger partial charge >= 0.3 is 0 Å². The number of rotatable bonds is 0. The molecular weight excluding hydrogens is 193 g/mol. The molecule has 2 aromatic rings. The Morgan fingerprint density at radius 1 is 1.42 bits per heavy atom. The summed E-state index contributed by atoms with van der Waals surface area (Å²) in [5.74, 6) is -0.232. The first kappa shape index (κ1) is 7.89. The van der Waals surface area contributed by atoms with Gasteiger partial charge in [-0.3, -0.25) is 0 Å². The second-order valence-corrected chi connectivity index (χ2v) is 4.02. The number of nitrogens with two attached hydrogens (primary N) is 1. The fourth-order valence-corrected chi connectivity index (χ4v) is 2.28. The van der Waals surface area contributed by atoms with Crippen LogP contribution in [0.2, 0.25) is 0 Å². The van der Waals surface area contributed by atoms with Crippen LogP contribution in [0, 0.1) is 5.82 Å². The topological polar surface area (TPSA) is 26.0 Å². The summed E-state index contributed by atoms with van der Waals surface area (Å²) in [4.78, 5) is 0.763. The zero-order chi connectivity index (χ0) is 8.72. The highest BCUT2D eigenvalue weighted by atomic mass is 32.1. The molecule has 0 unspecified atom stereocenters. The van der Waals surface area contributed by atoms with E-state index in [1.54, 1.807) is 12.1 Å². The van der Waals surface area contributed by atoms with Crippen molar-refractivity contribution in [1.82, 2.24) is 0 Å². The Kier molecular flexibility index (Phi) is 1.73. The molecule has 0 fully saturated rings. The molecule has 0 aliphatic carbocycles. The lowest BCUT2D eigenvalue weighted by molar-refractivity contribution is 0.641. The Bertz CT molecular complexity index is 397. The zero-order valence-corrected chi connectivity index (χ0v) is 7.75. The molecule has 0 aliphatic rings. The van der Waals surface area contributed by atoms with Crippen molar-refractivity contribution in [2.24, 2.45) is 0 Å². The number of thiophene rings is 1. The quantitative estimate of drug-likeness (QED) is 0.627. The molecule has 0 saturated heterocycles. The first-order valence-corrected chi connectivity index (χ1v) is 4.61. The maximum absolute atomic E-state index is 13.1. The van der Waals surface area contributed by atoms with Crippen LogP contribution in [0.25, 0.3) is 10.1 Å². The monoisotopic (exact) mass is 199 g/mol. The summed E-state index contributed by atoms with van der Waals surface area (Å²) in [5.41, 5.74) is 5.55. The van der Waals surface area contributed by atoms with E-state index >= 15 is 0 Å². The molecule has 2 rings (SSSR count). The Labute approximate surface area is 78.4 Å². The molecule has 0 aliphatic heterocycles. The van der Waals surface area contributed by atoms with E-state index in [9.17, 15) is 4.39 Å². The lowest BCUT2D eigenvalue weighted by Crippen LogP contribution is -1.74. The molecule has 0 spiro atoms. The molecular formula is C8H6FNS2. The third-order valence-corrected chi connectivity index (χ3v) is 2.99. The molecule has 0 radical (unpaired) electrons. The molecule has 12 heavy (non-hydrogen) atoms. The SMILES string of the molecule is Nc1cc2c(S)ccc(F)c2s1. The lowest BCUT2D eigenvalue weighted by atomic mass is 10.2. The summed E-state index contributed by atoms with van der Waals surface area (Å²) in [6.07, 6.45) is 0. The minimum absolute atomic E-state index is 0.232. The van der Waals surface area contributed by atoms with Crippen molar-refractivity contribution in [3.63, 3.8) is 0 Å². The molecule has 4 heteroatoms. The van der Waals surface area contributed by atoms with Crippen molar-refractivity contribution in [2.75, 3.05) is 5.73 Å². The maximum atomic E-state index is 13.1. The largest absolute Gasteiger partial charge is 0.391 e. The van der Waals surface area contributed by atoms with E-state index in [1.807, 2.05) is 0 Å². The third-order valence-electron chi connectivity index (χ3n) is 1.63. The molecule has 0 amide bonds. The molecule has 1 heterocycles. The van der Waals surface area contributed by atoms with Gasteiger partial charge in [0.05, 0.1) is 9.70 Å². The highest BCUT2D eigenvalue weighted by molar-refractivity contribution is 7.80. The smallest absolute Gasteiger partial charge is 0.141 e. The van der Waals surface area contributed by atoms with E-state index in [2.05, 4.69) is 12.6 Å². The molecule has 62 valence electrons. The summed E-state index contributed by atoms with van der Waals surface area (Å²) in [5, 5.41) is 1.41. The second-order valence-electron chi connectivity index (χ2n) is 2.46. The summed E-state index contributed by atoms with van der Waals surface area (Å²) in [7, 11) is 0. The zero-order valence-electron chi connectivity index (χ0n) is 6.04. The first-order chi connectivity index (χ1) is 5.68. The lowest BCUT2D eigenvalue weighted by Gasteiger charge is -1.94. The van der Waals surface area contributed by atoms with Crippen LogP contribution in [-0.2, 0) is 0 Å². The van der Waals surface area contributed by atoms with Crippen LogP contribution in [-0.4, -0.2) is 0 Å². The van der Waals surface area contributed by atoms with Gasteiger partial charge in [-0.05, 0) is 18.2 Å². The van der Waals surface area contributed by atoms with Crippen LogP contribution in [0.1, 0.15) is 0 Å². The fraction of sp³-hybridized carbons (Fsp3) is 0. The Morgan fingerprint density at radius 2 is 2.17 bits per heavy atom. The van der Waals surface area contributed by atoms with Gasteiger partial charge in [-0.15, -0.1) is 24.0 Å². The Morgan fingerprint density at radius 3 is 2.83 bits per heavy atom. The highest BCUT2D eigenvalue weighted by Gasteiger charge is 2.06. The molecule has 1 aromatic heterocycles. The molecule has 0 atom stereocenters. The predicted molar refractivity (Wildman–Crippen MR) is 53.4 cm³/mol. The van der Waals surface area contributed by atoms with Crippen LogP contribution < -0.4 is 5.73 Å². The maximum Gasteiger partial charge on any atom is 0.141 e. The van der Waals surface area contributed by atoms with E-state index in [-0.39, 0.29) is 5.82 Å². The van der Waals surface area contributed by atoms with Crippen molar-refractivity contribution in [3.05, 3.63) is 24.0 Å². The number of fused-ring (bicyclic) bond motifs is 1. The van der Waals surface area contributed by atoms with Gasteiger partial charge in [-0.1, -0.05) is 0 Å². The van der Waals surface area contributed by atoms with E-state index in [1.165, 1.54) is 17.4 Å². The number of nitrogen functional groups attached to an aromatic ring is 1. The van der Waals surface area contributed by atoms with Crippen molar-refractivity contribution < 1.29 is 4.39 Å². The minimum atomic E-state index is -0.232. The molecule has 1 aromatic carbocycles. The van der Waals surface area contributed by atoms with Crippen LogP contribution in [0.4, 0.5) is 9.39 Å². The summed E-state index contributed by atoms with van der Waals surface area (Å²) in [6, 6.07) is 4.78. The van der Waals surface area contributed by atoms with Gasteiger partial charge in [0, 0.05) is 10.3 Å². The van der Waals surface area contributed by atoms with E-state index in [0.29, 0.717) is 9.70 Å².